The van der Waals surface area contributed by atoms with Gasteiger partial charge in [0.25, 0.3) is 0 Å². The van der Waals surface area contributed by atoms with Gasteiger partial charge in [-0.25, -0.2) is 9.59 Å². The number of urea groups is 1. The summed E-state index contributed by atoms with van der Waals surface area (Å²) in [6.07, 6.45) is 0. The van der Waals surface area contributed by atoms with Crippen molar-refractivity contribution in [1.82, 2.24) is 5.32 Å². The minimum Gasteiger partial charge on any atom is -0.479 e. The van der Waals surface area contributed by atoms with Crippen LogP contribution in [0.5, 0.6) is 0 Å². The van der Waals surface area contributed by atoms with Gasteiger partial charge < -0.3 is 15.7 Å². The highest BCUT2D eigenvalue weighted by Gasteiger charge is 2.22. The maximum atomic E-state index is 11.8. The predicted molar refractivity (Wildman–Crippen MR) is 86.0 cm³/mol. The van der Waals surface area contributed by atoms with Gasteiger partial charge in [0.05, 0.1) is 0 Å². The first-order valence-corrected chi connectivity index (χ1v) is 7.61. The van der Waals surface area contributed by atoms with Crippen molar-refractivity contribution in [1.29, 1.82) is 0 Å². The van der Waals surface area contributed by atoms with Crippen LogP contribution < -0.4 is 10.6 Å². The number of rotatable bonds is 4. The lowest BCUT2D eigenvalue weighted by Gasteiger charge is -2.13. The molecule has 0 saturated carbocycles. The zero-order valence-corrected chi connectivity index (χ0v) is 13.1. The second kappa shape index (κ2) is 6.71. The molecular formula is C13H11IN2O3S. The molecular weight excluding hydrogens is 391 g/mol. The van der Waals surface area contributed by atoms with E-state index in [9.17, 15) is 9.59 Å². The lowest BCUT2D eigenvalue weighted by Crippen LogP contribution is -2.36. The molecule has 104 valence electrons. The van der Waals surface area contributed by atoms with Gasteiger partial charge in [0.2, 0.25) is 0 Å². The third-order valence-electron chi connectivity index (χ3n) is 2.45. The van der Waals surface area contributed by atoms with Crippen LogP contribution >= 0.6 is 33.9 Å². The number of carbonyl (C=O) groups excluding carboxylic acids is 1. The standard InChI is InChI=1S/C13H11IN2O3S/c14-8-3-5-9(6-4-8)15-13(19)16-11(12(17)18)10-2-1-7-20-10/h1-7,11H,(H,17,18)(H2,15,16,19). The van der Waals surface area contributed by atoms with Gasteiger partial charge in [-0.1, -0.05) is 6.07 Å². The minimum absolute atomic E-state index is 0.549. The van der Waals surface area contributed by atoms with Gasteiger partial charge in [-0.3, -0.25) is 0 Å². The molecule has 1 aromatic heterocycles. The topological polar surface area (TPSA) is 78.4 Å². The number of thiophene rings is 1. The molecule has 5 nitrogen and oxygen atoms in total. The number of halogens is 1. The Labute approximate surface area is 133 Å². The summed E-state index contributed by atoms with van der Waals surface area (Å²) in [4.78, 5) is 23.6. The molecule has 1 atom stereocenters. The fourth-order valence-electron chi connectivity index (χ4n) is 1.54. The van der Waals surface area contributed by atoms with Crippen LogP contribution in [0.2, 0.25) is 0 Å². The fraction of sp³-hybridized carbons (Fsp3) is 0.0769. The first-order valence-electron chi connectivity index (χ1n) is 5.65. The smallest absolute Gasteiger partial charge is 0.331 e. The summed E-state index contributed by atoms with van der Waals surface area (Å²) in [5.41, 5.74) is 0.609. The average molecular weight is 402 g/mol. The van der Waals surface area contributed by atoms with E-state index in [-0.39, 0.29) is 0 Å². The number of benzene rings is 1. The highest BCUT2D eigenvalue weighted by molar-refractivity contribution is 14.1. The molecule has 0 aliphatic rings. The van der Waals surface area contributed by atoms with Crippen LogP contribution in [-0.4, -0.2) is 17.1 Å². The second-order valence-corrected chi connectivity index (χ2v) is 6.12. The summed E-state index contributed by atoms with van der Waals surface area (Å²) in [6.45, 7) is 0. The minimum atomic E-state index is -1.09. The van der Waals surface area contributed by atoms with Crippen LogP contribution in [-0.2, 0) is 4.79 Å². The average Bonchev–Trinajstić information content (AvgIpc) is 2.92. The SMILES string of the molecule is O=C(Nc1ccc(I)cc1)NC(C(=O)O)c1cccs1. The molecule has 0 bridgehead atoms. The van der Waals surface area contributed by atoms with Gasteiger partial charge >= 0.3 is 12.0 Å². The van der Waals surface area contributed by atoms with Crippen molar-refractivity contribution < 1.29 is 14.7 Å². The summed E-state index contributed by atoms with van der Waals surface area (Å²) in [6, 6.07) is 9.04. The molecule has 3 N–H and O–H groups in total. The van der Waals surface area contributed by atoms with Crippen molar-refractivity contribution >= 4 is 51.6 Å². The van der Waals surface area contributed by atoms with Crippen LogP contribution in [0.4, 0.5) is 10.5 Å². The molecule has 0 fully saturated rings. The number of anilines is 1. The quantitative estimate of drug-likeness (QED) is 0.687. The normalized spacial score (nSPS) is 11.7. The zero-order chi connectivity index (χ0) is 14.5. The molecule has 2 aromatic rings. The van der Waals surface area contributed by atoms with E-state index in [4.69, 9.17) is 5.11 Å². The van der Waals surface area contributed by atoms with E-state index in [1.54, 1.807) is 29.6 Å². The largest absolute Gasteiger partial charge is 0.479 e. The maximum Gasteiger partial charge on any atom is 0.331 e. The van der Waals surface area contributed by atoms with Crippen molar-refractivity contribution in [3.8, 4) is 0 Å². The number of hydrogen-bond donors (Lipinski definition) is 3. The molecule has 0 spiro atoms. The number of aliphatic carboxylic acids is 1. The van der Waals surface area contributed by atoms with Gasteiger partial charge in [0, 0.05) is 14.1 Å². The molecule has 0 aliphatic heterocycles. The Morgan fingerprint density at radius 3 is 2.45 bits per heavy atom. The number of carboxylic acids is 1. The molecule has 0 saturated heterocycles. The van der Waals surface area contributed by atoms with Gasteiger partial charge in [0.15, 0.2) is 6.04 Å². The molecule has 2 rings (SSSR count). The van der Waals surface area contributed by atoms with E-state index >= 15 is 0 Å². The lowest BCUT2D eigenvalue weighted by atomic mass is 10.2. The number of carbonyl (C=O) groups is 2. The van der Waals surface area contributed by atoms with E-state index < -0.39 is 18.0 Å². The Balaban J connectivity index is 2.02. The molecule has 1 heterocycles. The molecule has 1 aromatic carbocycles. The Morgan fingerprint density at radius 2 is 1.90 bits per heavy atom. The van der Waals surface area contributed by atoms with Crippen LogP contribution in [0.1, 0.15) is 10.9 Å². The summed E-state index contributed by atoms with van der Waals surface area (Å²) >= 11 is 3.45. The van der Waals surface area contributed by atoms with Crippen molar-refractivity contribution in [3.63, 3.8) is 0 Å². The Hall–Kier alpha value is -1.61. The van der Waals surface area contributed by atoms with Gasteiger partial charge in [-0.05, 0) is 58.3 Å². The molecule has 2 amide bonds. The number of amides is 2. The van der Waals surface area contributed by atoms with Crippen LogP contribution in [0.15, 0.2) is 41.8 Å². The third-order valence-corrected chi connectivity index (χ3v) is 4.11. The van der Waals surface area contributed by atoms with E-state index in [1.165, 1.54) is 11.3 Å². The summed E-state index contributed by atoms with van der Waals surface area (Å²) in [7, 11) is 0. The Bertz CT molecular complexity index is 599. The first kappa shape index (κ1) is 14.8. The summed E-state index contributed by atoms with van der Waals surface area (Å²) in [5.74, 6) is -1.09. The molecule has 1 unspecified atom stereocenters. The van der Waals surface area contributed by atoms with Crippen LogP contribution in [0.25, 0.3) is 0 Å². The molecule has 0 radical (unpaired) electrons. The van der Waals surface area contributed by atoms with Crippen molar-refractivity contribution in [2.75, 3.05) is 5.32 Å². The van der Waals surface area contributed by atoms with E-state index in [1.807, 2.05) is 12.1 Å². The second-order valence-electron chi connectivity index (χ2n) is 3.89. The maximum absolute atomic E-state index is 11.8. The van der Waals surface area contributed by atoms with Gasteiger partial charge in [-0.2, -0.15) is 0 Å². The summed E-state index contributed by atoms with van der Waals surface area (Å²) < 4.78 is 1.05. The zero-order valence-electron chi connectivity index (χ0n) is 10.2. The fourth-order valence-corrected chi connectivity index (χ4v) is 2.67. The molecule has 0 aliphatic carbocycles. The van der Waals surface area contributed by atoms with E-state index in [0.717, 1.165) is 3.57 Å². The van der Waals surface area contributed by atoms with Crippen LogP contribution in [0.3, 0.4) is 0 Å². The lowest BCUT2D eigenvalue weighted by molar-refractivity contribution is -0.139. The van der Waals surface area contributed by atoms with E-state index in [2.05, 4.69) is 33.2 Å². The highest BCUT2D eigenvalue weighted by atomic mass is 127. The van der Waals surface area contributed by atoms with Crippen molar-refractivity contribution in [2.24, 2.45) is 0 Å². The first-order chi connectivity index (χ1) is 9.56. The number of carboxylic acid groups (broad SMARTS) is 1. The van der Waals surface area contributed by atoms with Crippen molar-refractivity contribution in [2.45, 2.75) is 6.04 Å². The van der Waals surface area contributed by atoms with Gasteiger partial charge in [-0.15, -0.1) is 11.3 Å². The van der Waals surface area contributed by atoms with Crippen LogP contribution in [0, 0.1) is 3.57 Å². The van der Waals surface area contributed by atoms with E-state index in [0.29, 0.717) is 10.6 Å². The Morgan fingerprint density at radius 1 is 1.20 bits per heavy atom. The number of nitrogens with one attached hydrogen (secondary N) is 2. The van der Waals surface area contributed by atoms with Crippen molar-refractivity contribution in [3.05, 3.63) is 50.2 Å². The predicted octanol–water partition coefficient (Wildman–Crippen LogP) is 3.30. The molecule has 7 heteroatoms. The highest BCUT2D eigenvalue weighted by Crippen LogP contribution is 2.19. The molecule has 20 heavy (non-hydrogen) atoms. The third kappa shape index (κ3) is 3.94. The summed E-state index contributed by atoms with van der Waals surface area (Å²) in [5, 5.41) is 16.0. The Kier molecular flexibility index (Phi) is 4.96. The monoisotopic (exact) mass is 402 g/mol. The number of hydrogen-bond acceptors (Lipinski definition) is 3. The van der Waals surface area contributed by atoms with Gasteiger partial charge in [0.1, 0.15) is 0 Å².